The zero-order valence-corrected chi connectivity index (χ0v) is 12.2. The Morgan fingerprint density at radius 1 is 1.45 bits per heavy atom. The summed E-state index contributed by atoms with van der Waals surface area (Å²) in [5, 5.41) is 11.8. The van der Waals surface area contributed by atoms with Gasteiger partial charge in [-0.2, -0.15) is 5.26 Å². The molecule has 0 saturated heterocycles. The van der Waals surface area contributed by atoms with Gasteiger partial charge in [-0.3, -0.25) is 4.79 Å². The molecule has 0 spiro atoms. The average Bonchev–Trinajstić information content (AvgIpc) is 2.43. The molecule has 0 aliphatic heterocycles. The number of carbonyl (C=O) groups is 1. The summed E-state index contributed by atoms with van der Waals surface area (Å²) in [6.07, 6.45) is 0.882. The van der Waals surface area contributed by atoms with Gasteiger partial charge >= 0.3 is 0 Å². The van der Waals surface area contributed by atoms with Crippen LogP contribution in [0, 0.1) is 11.3 Å². The van der Waals surface area contributed by atoms with Crippen LogP contribution in [0.3, 0.4) is 0 Å². The summed E-state index contributed by atoms with van der Waals surface area (Å²) in [5.74, 6) is 0.259. The van der Waals surface area contributed by atoms with Gasteiger partial charge in [-0.05, 0) is 46.1 Å². The summed E-state index contributed by atoms with van der Waals surface area (Å²) in [5.41, 5.74) is 0.431. The van der Waals surface area contributed by atoms with Crippen molar-refractivity contribution in [3.63, 3.8) is 0 Å². The molecular formula is C15H21N3O2. The molecule has 20 heavy (non-hydrogen) atoms. The molecule has 1 aromatic rings. The molecular weight excluding hydrogens is 254 g/mol. The summed E-state index contributed by atoms with van der Waals surface area (Å²) in [6.45, 7) is 2.80. The summed E-state index contributed by atoms with van der Waals surface area (Å²) in [4.78, 5) is 13.8. The summed E-state index contributed by atoms with van der Waals surface area (Å²) < 4.78 is 5.37. The molecule has 0 aliphatic rings. The molecule has 108 valence electrons. The van der Waals surface area contributed by atoms with Crippen LogP contribution in [0.15, 0.2) is 24.3 Å². The van der Waals surface area contributed by atoms with E-state index < -0.39 is 0 Å². The third-order valence-electron chi connectivity index (χ3n) is 2.78. The quantitative estimate of drug-likeness (QED) is 0.816. The van der Waals surface area contributed by atoms with Crippen molar-refractivity contribution in [3.8, 4) is 11.8 Å². The van der Waals surface area contributed by atoms with Crippen LogP contribution in [0.25, 0.3) is 0 Å². The van der Waals surface area contributed by atoms with E-state index in [9.17, 15) is 4.79 Å². The second-order valence-electron chi connectivity index (χ2n) is 4.96. The highest BCUT2D eigenvalue weighted by Gasteiger charge is 2.09. The molecule has 5 nitrogen and oxygen atoms in total. The van der Waals surface area contributed by atoms with Crippen molar-refractivity contribution >= 4 is 5.91 Å². The number of carbonyl (C=O) groups excluding carboxylic acids is 1. The number of hydrogen-bond donors (Lipinski definition) is 1. The summed E-state index contributed by atoms with van der Waals surface area (Å²) >= 11 is 0. The Morgan fingerprint density at radius 3 is 2.80 bits per heavy atom. The van der Waals surface area contributed by atoms with Gasteiger partial charge in [-0.1, -0.05) is 12.1 Å². The molecule has 0 saturated carbocycles. The monoisotopic (exact) mass is 275 g/mol. The second-order valence-corrected chi connectivity index (χ2v) is 4.96. The lowest BCUT2D eigenvalue weighted by Crippen LogP contribution is -2.37. The number of nitrogens with zero attached hydrogens (tertiary/aromatic N) is 2. The van der Waals surface area contributed by atoms with Crippen LogP contribution in [0.1, 0.15) is 18.9 Å². The molecule has 1 unspecified atom stereocenters. The smallest absolute Gasteiger partial charge is 0.258 e. The predicted octanol–water partition coefficient (Wildman–Crippen LogP) is 1.39. The number of ether oxygens (including phenoxy) is 1. The van der Waals surface area contributed by atoms with Gasteiger partial charge in [0.2, 0.25) is 0 Å². The first-order valence-corrected chi connectivity index (χ1v) is 6.59. The van der Waals surface area contributed by atoms with E-state index in [1.807, 2.05) is 27.1 Å². The lowest BCUT2D eigenvalue weighted by atomic mass is 10.2. The van der Waals surface area contributed by atoms with E-state index in [2.05, 4.69) is 10.2 Å². The maximum atomic E-state index is 11.7. The Balaban J connectivity index is 2.38. The third kappa shape index (κ3) is 5.72. The Labute approximate surface area is 120 Å². The Morgan fingerprint density at radius 2 is 2.15 bits per heavy atom. The largest absolute Gasteiger partial charge is 0.482 e. The van der Waals surface area contributed by atoms with Gasteiger partial charge in [0.05, 0.1) is 5.56 Å². The topological polar surface area (TPSA) is 65.4 Å². The predicted molar refractivity (Wildman–Crippen MR) is 77.4 cm³/mol. The molecule has 1 atom stereocenters. The van der Waals surface area contributed by atoms with Crippen LogP contribution in [0.5, 0.6) is 5.75 Å². The normalized spacial score (nSPS) is 11.8. The zero-order valence-electron chi connectivity index (χ0n) is 12.2. The molecule has 5 heteroatoms. The fourth-order valence-electron chi connectivity index (χ4n) is 1.67. The molecule has 0 bridgehead atoms. The van der Waals surface area contributed by atoms with Gasteiger partial charge in [0.15, 0.2) is 6.61 Å². The maximum Gasteiger partial charge on any atom is 0.258 e. The number of nitriles is 1. The average molecular weight is 275 g/mol. The lowest BCUT2D eigenvalue weighted by Gasteiger charge is -2.17. The highest BCUT2D eigenvalue weighted by atomic mass is 16.5. The van der Waals surface area contributed by atoms with E-state index in [1.165, 1.54) is 0 Å². The summed E-state index contributed by atoms with van der Waals surface area (Å²) in [7, 11) is 3.99. The van der Waals surface area contributed by atoms with Gasteiger partial charge in [0.1, 0.15) is 11.8 Å². The molecule has 1 N–H and O–H groups in total. The van der Waals surface area contributed by atoms with Crippen LogP contribution < -0.4 is 10.1 Å². The molecule has 1 rings (SSSR count). The first-order valence-electron chi connectivity index (χ1n) is 6.59. The zero-order chi connectivity index (χ0) is 15.0. The van der Waals surface area contributed by atoms with E-state index >= 15 is 0 Å². The number of nitrogens with one attached hydrogen (secondary N) is 1. The molecule has 0 radical (unpaired) electrons. The molecule has 1 aromatic carbocycles. The molecule has 0 fully saturated rings. The van der Waals surface area contributed by atoms with Crippen LogP contribution in [-0.4, -0.2) is 44.1 Å². The van der Waals surface area contributed by atoms with Crippen molar-refractivity contribution in [1.29, 1.82) is 5.26 Å². The number of rotatable bonds is 7. The summed E-state index contributed by atoms with van der Waals surface area (Å²) in [6, 6.07) is 9.00. The molecule has 1 amide bonds. The van der Waals surface area contributed by atoms with Gasteiger partial charge < -0.3 is 15.0 Å². The van der Waals surface area contributed by atoms with E-state index in [0.29, 0.717) is 11.3 Å². The number of amides is 1. The SMILES string of the molecule is CC(CCN(C)C)NC(=O)COc1ccccc1C#N. The Kier molecular flexibility index (Phi) is 6.54. The Hall–Kier alpha value is -2.06. The van der Waals surface area contributed by atoms with Gasteiger partial charge in [0.25, 0.3) is 5.91 Å². The van der Waals surface area contributed by atoms with Crippen molar-refractivity contribution in [3.05, 3.63) is 29.8 Å². The van der Waals surface area contributed by atoms with E-state index in [-0.39, 0.29) is 18.6 Å². The van der Waals surface area contributed by atoms with E-state index in [4.69, 9.17) is 10.00 Å². The van der Waals surface area contributed by atoms with Gasteiger partial charge in [0, 0.05) is 6.04 Å². The molecule has 0 aliphatic carbocycles. The van der Waals surface area contributed by atoms with Crippen molar-refractivity contribution in [2.45, 2.75) is 19.4 Å². The standard InChI is InChI=1S/C15H21N3O2/c1-12(8-9-18(2)3)17-15(19)11-20-14-7-5-4-6-13(14)10-16/h4-7,12H,8-9,11H2,1-3H3,(H,17,19). The Bertz CT molecular complexity index is 480. The van der Waals surface area contributed by atoms with Gasteiger partial charge in [-0.25, -0.2) is 0 Å². The first kappa shape index (κ1) is 16.0. The van der Waals surface area contributed by atoms with Crippen molar-refractivity contribution in [2.75, 3.05) is 27.2 Å². The van der Waals surface area contributed by atoms with Gasteiger partial charge in [-0.15, -0.1) is 0 Å². The number of hydrogen-bond acceptors (Lipinski definition) is 4. The van der Waals surface area contributed by atoms with Crippen molar-refractivity contribution < 1.29 is 9.53 Å². The van der Waals surface area contributed by atoms with E-state index in [1.54, 1.807) is 24.3 Å². The highest BCUT2D eigenvalue weighted by molar-refractivity contribution is 5.77. The number of benzene rings is 1. The highest BCUT2D eigenvalue weighted by Crippen LogP contribution is 2.16. The molecule has 0 aromatic heterocycles. The fraction of sp³-hybridized carbons (Fsp3) is 0.467. The fourth-order valence-corrected chi connectivity index (χ4v) is 1.67. The minimum Gasteiger partial charge on any atom is -0.482 e. The van der Waals surface area contributed by atoms with Crippen LogP contribution >= 0.6 is 0 Å². The second kappa shape index (κ2) is 8.18. The van der Waals surface area contributed by atoms with Crippen LogP contribution in [0.4, 0.5) is 0 Å². The van der Waals surface area contributed by atoms with Crippen molar-refractivity contribution in [1.82, 2.24) is 10.2 Å². The van der Waals surface area contributed by atoms with Crippen molar-refractivity contribution in [2.24, 2.45) is 0 Å². The lowest BCUT2D eigenvalue weighted by molar-refractivity contribution is -0.123. The minimum atomic E-state index is -0.177. The van der Waals surface area contributed by atoms with E-state index in [0.717, 1.165) is 13.0 Å². The van der Waals surface area contributed by atoms with Crippen LogP contribution in [-0.2, 0) is 4.79 Å². The van der Waals surface area contributed by atoms with Crippen LogP contribution in [0.2, 0.25) is 0 Å². The minimum absolute atomic E-state index is 0.0784. The first-order chi connectivity index (χ1) is 9.52. The third-order valence-corrected chi connectivity index (χ3v) is 2.78. The molecule has 0 heterocycles. The maximum absolute atomic E-state index is 11.7. The number of para-hydroxylation sites is 1.